The van der Waals surface area contributed by atoms with E-state index in [0.29, 0.717) is 24.2 Å². The van der Waals surface area contributed by atoms with Crippen LogP contribution in [0, 0.1) is 22.9 Å². The summed E-state index contributed by atoms with van der Waals surface area (Å²) in [6, 6.07) is 12.6. The van der Waals surface area contributed by atoms with Gasteiger partial charge in [-0.05, 0) is 48.7 Å². The number of carbonyl (C=O) groups is 1. The monoisotopic (exact) mass is 382 g/mol. The van der Waals surface area contributed by atoms with Crippen molar-refractivity contribution >= 4 is 11.6 Å². The van der Waals surface area contributed by atoms with Crippen molar-refractivity contribution in [2.24, 2.45) is 7.05 Å². The highest BCUT2D eigenvalue weighted by atomic mass is 19.1. The molecule has 0 bridgehead atoms. The third-order valence-corrected chi connectivity index (χ3v) is 4.41. The maximum atomic E-state index is 13.5. The summed E-state index contributed by atoms with van der Waals surface area (Å²) in [6.45, 7) is 2.05. The average molecular weight is 382 g/mol. The van der Waals surface area contributed by atoms with Crippen molar-refractivity contribution < 1.29 is 14.1 Å². The second kappa shape index (κ2) is 7.99. The van der Waals surface area contributed by atoms with E-state index in [9.17, 15) is 19.3 Å². The van der Waals surface area contributed by atoms with Crippen LogP contribution in [0.15, 0.2) is 48.5 Å². The second-order valence-electron chi connectivity index (χ2n) is 6.43. The van der Waals surface area contributed by atoms with Crippen molar-refractivity contribution in [2.75, 3.05) is 6.54 Å². The Kier molecular flexibility index (Phi) is 5.49. The Balaban J connectivity index is 1.63. The number of amides is 1. The van der Waals surface area contributed by atoms with Crippen molar-refractivity contribution in [3.63, 3.8) is 0 Å². The van der Waals surface area contributed by atoms with Gasteiger partial charge in [-0.25, -0.2) is 4.39 Å². The number of rotatable bonds is 6. The Morgan fingerprint density at radius 2 is 1.93 bits per heavy atom. The zero-order chi connectivity index (χ0) is 20.3. The molecule has 1 amide bonds. The molecule has 7 nitrogen and oxygen atoms in total. The van der Waals surface area contributed by atoms with Gasteiger partial charge in [0.05, 0.1) is 10.6 Å². The number of carbonyl (C=O) groups excluding carboxylic acids is 1. The first kappa shape index (κ1) is 19.2. The van der Waals surface area contributed by atoms with Gasteiger partial charge in [0.25, 0.3) is 11.6 Å². The summed E-state index contributed by atoms with van der Waals surface area (Å²) in [5.74, 6) is -0.599. The Hall–Kier alpha value is -3.55. The van der Waals surface area contributed by atoms with Gasteiger partial charge in [0, 0.05) is 31.3 Å². The zero-order valence-corrected chi connectivity index (χ0v) is 15.5. The highest BCUT2D eigenvalue weighted by Gasteiger charge is 2.14. The first-order valence-corrected chi connectivity index (χ1v) is 8.67. The number of halogens is 1. The van der Waals surface area contributed by atoms with E-state index in [0.717, 1.165) is 11.1 Å². The molecule has 0 saturated carbocycles. The lowest BCUT2D eigenvalue weighted by Crippen LogP contribution is -2.26. The molecule has 0 aliphatic carbocycles. The van der Waals surface area contributed by atoms with E-state index in [-0.39, 0.29) is 23.1 Å². The molecule has 0 radical (unpaired) electrons. The summed E-state index contributed by atoms with van der Waals surface area (Å²) >= 11 is 0. The third kappa shape index (κ3) is 4.22. The van der Waals surface area contributed by atoms with E-state index >= 15 is 0 Å². The number of non-ortho nitro benzene ring substituents is 1. The normalized spacial score (nSPS) is 10.7. The van der Waals surface area contributed by atoms with Crippen LogP contribution < -0.4 is 5.32 Å². The number of nitro groups is 1. The van der Waals surface area contributed by atoms with E-state index in [1.165, 1.54) is 18.2 Å². The van der Waals surface area contributed by atoms with E-state index in [2.05, 4.69) is 10.4 Å². The fourth-order valence-corrected chi connectivity index (χ4v) is 2.85. The maximum absolute atomic E-state index is 13.5. The smallest absolute Gasteiger partial charge is 0.271 e. The van der Waals surface area contributed by atoms with Crippen LogP contribution in [0.5, 0.6) is 0 Å². The third-order valence-electron chi connectivity index (χ3n) is 4.41. The summed E-state index contributed by atoms with van der Waals surface area (Å²) in [5.41, 5.74) is 3.19. The number of aromatic nitrogens is 2. The fraction of sp³-hybridized carbons (Fsp3) is 0.200. The lowest BCUT2D eigenvalue weighted by atomic mass is 10.1. The molecule has 1 heterocycles. The van der Waals surface area contributed by atoms with Crippen molar-refractivity contribution in [3.05, 3.63) is 81.3 Å². The molecule has 0 saturated heterocycles. The summed E-state index contributed by atoms with van der Waals surface area (Å²) in [6.07, 6.45) is 0.542. The Bertz CT molecular complexity index is 1030. The lowest BCUT2D eigenvalue weighted by molar-refractivity contribution is -0.384. The quantitative estimate of drug-likeness (QED) is 0.522. The average Bonchev–Trinajstić information content (AvgIpc) is 3.06. The van der Waals surface area contributed by atoms with Crippen LogP contribution >= 0.6 is 0 Å². The van der Waals surface area contributed by atoms with Gasteiger partial charge >= 0.3 is 0 Å². The molecule has 0 aliphatic heterocycles. The standard InChI is InChI=1S/C20H19FN4O3/c1-13-11-15(5-8-17(13)21)19-12-18(23-24(19)2)20(26)22-10-9-14-3-6-16(7-4-14)25(27)28/h3-8,11-12H,9-10H2,1-2H3,(H,22,26). The fourth-order valence-electron chi connectivity index (χ4n) is 2.85. The number of nitrogens with one attached hydrogen (secondary N) is 1. The van der Waals surface area contributed by atoms with E-state index < -0.39 is 4.92 Å². The van der Waals surface area contributed by atoms with Crippen molar-refractivity contribution in [1.29, 1.82) is 0 Å². The maximum Gasteiger partial charge on any atom is 0.271 e. The van der Waals surface area contributed by atoms with Crippen molar-refractivity contribution in [2.45, 2.75) is 13.3 Å². The molecule has 0 spiro atoms. The minimum atomic E-state index is -0.452. The Labute approximate surface area is 161 Å². The minimum absolute atomic E-state index is 0.0323. The topological polar surface area (TPSA) is 90.1 Å². The van der Waals surface area contributed by atoms with Gasteiger partial charge in [-0.3, -0.25) is 19.6 Å². The zero-order valence-electron chi connectivity index (χ0n) is 15.5. The van der Waals surface area contributed by atoms with Crippen LogP contribution in [0.4, 0.5) is 10.1 Å². The SMILES string of the molecule is Cc1cc(-c2cc(C(=O)NCCc3ccc([N+](=O)[O-])cc3)nn2C)ccc1F. The predicted octanol–water partition coefficient (Wildman–Crippen LogP) is 3.42. The Morgan fingerprint density at radius 1 is 1.21 bits per heavy atom. The van der Waals surface area contributed by atoms with E-state index in [4.69, 9.17) is 0 Å². The molecule has 2 aromatic carbocycles. The number of nitrogens with zero attached hydrogens (tertiary/aromatic N) is 3. The second-order valence-corrected chi connectivity index (χ2v) is 6.43. The van der Waals surface area contributed by atoms with Gasteiger partial charge < -0.3 is 5.32 Å². The summed E-state index contributed by atoms with van der Waals surface area (Å²) < 4.78 is 15.1. The number of benzene rings is 2. The van der Waals surface area contributed by atoms with Crippen LogP contribution in [-0.2, 0) is 13.5 Å². The molecule has 3 aromatic rings. The molecule has 0 unspecified atom stereocenters. The highest BCUT2D eigenvalue weighted by molar-refractivity contribution is 5.93. The van der Waals surface area contributed by atoms with E-state index in [1.54, 1.807) is 49.0 Å². The molecular weight excluding hydrogens is 363 g/mol. The molecule has 0 aliphatic rings. The predicted molar refractivity (Wildman–Crippen MR) is 102 cm³/mol. The molecular formula is C20H19FN4O3. The van der Waals surface area contributed by atoms with Gasteiger partial charge in [-0.15, -0.1) is 0 Å². The van der Waals surface area contributed by atoms with Crippen molar-refractivity contribution in [3.8, 4) is 11.3 Å². The van der Waals surface area contributed by atoms with Gasteiger partial charge in [0.2, 0.25) is 0 Å². The molecule has 8 heteroatoms. The van der Waals surface area contributed by atoms with Crippen LogP contribution in [0.3, 0.4) is 0 Å². The first-order chi connectivity index (χ1) is 13.3. The number of nitro benzene ring substituents is 1. The first-order valence-electron chi connectivity index (χ1n) is 8.67. The lowest BCUT2D eigenvalue weighted by Gasteiger charge is -2.03. The summed E-state index contributed by atoms with van der Waals surface area (Å²) in [5, 5.41) is 17.7. The molecule has 144 valence electrons. The van der Waals surface area contributed by atoms with Gasteiger partial charge in [0.1, 0.15) is 5.82 Å². The van der Waals surface area contributed by atoms with Crippen LogP contribution in [0.25, 0.3) is 11.3 Å². The van der Waals surface area contributed by atoms with E-state index in [1.807, 2.05) is 0 Å². The van der Waals surface area contributed by atoms with Gasteiger partial charge in [0.15, 0.2) is 5.69 Å². The number of hydrogen-bond donors (Lipinski definition) is 1. The molecule has 0 fully saturated rings. The highest BCUT2D eigenvalue weighted by Crippen LogP contribution is 2.22. The van der Waals surface area contributed by atoms with Crippen molar-refractivity contribution in [1.82, 2.24) is 15.1 Å². The molecule has 1 aromatic heterocycles. The van der Waals surface area contributed by atoms with Gasteiger partial charge in [-0.2, -0.15) is 5.10 Å². The summed E-state index contributed by atoms with van der Waals surface area (Å²) in [4.78, 5) is 22.6. The Morgan fingerprint density at radius 3 is 2.57 bits per heavy atom. The van der Waals surface area contributed by atoms with Crippen LogP contribution in [0.1, 0.15) is 21.6 Å². The minimum Gasteiger partial charge on any atom is -0.350 e. The largest absolute Gasteiger partial charge is 0.350 e. The van der Waals surface area contributed by atoms with Crippen LogP contribution in [-0.4, -0.2) is 27.2 Å². The number of aryl methyl sites for hydroxylation is 2. The van der Waals surface area contributed by atoms with Gasteiger partial charge in [-0.1, -0.05) is 12.1 Å². The van der Waals surface area contributed by atoms with Crippen LogP contribution in [0.2, 0.25) is 0 Å². The number of hydrogen-bond acceptors (Lipinski definition) is 4. The summed E-state index contributed by atoms with van der Waals surface area (Å²) in [7, 11) is 1.72. The molecule has 0 atom stereocenters. The molecule has 1 N–H and O–H groups in total. The molecule has 28 heavy (non-hydrogen) atoms. The molecule has 3 rings (SSSR count).